The standard InChI is InChI=1S/C14H12ClFN2O3/c1-8-10(4-6-13(19)20)14(18(2)17-8)21-12-5-3-9(16)7-11(12)15/h3-7H,1-2H3,(H,19,20)/b6-4+. The molecule has 1 N–H and O–H groups in total. The molecule has 1 heterocycles. The Labute approximate surface area is 125 Å². The molecular formula is C14H12ClFN2O3. The van der Waals surface area contributed by atoms with Gasteiger partial charge >= 0.3 is 5.97 Å². The van der Waals surface area contributed by atoms with Gasteiger partial charge in [0, 0.05) is 13.1 Å². The monoisotopic (exact) mass is 310 g/mol. The maximum absolute atomic E-state index is 13.0. The highest BCUT2D eigenvalue weighted by atomic mass is 35.5. The SMILES string of the molecule is Cc1nn(C)c(Oc2ccc(F)cc2Cl)c1/C=C/C(=O)O. The molecule has 7 heteroatoms. The Morgan fingerprint density at radius 2 is 2.24 bits per heavy atom. The molecule has 0 fully saturated rings. The van der Waals surface area contributed by atoms with Gasteiger partial charge < -0.3 is 9.84 Å². The van der Waals surface area contributed by atoms with Gasteiger partial charge in [0.15, 0.2) is 0 Å². The fourth-order valence-electron chi connectivity index (χ4n) is 1.78. The molecule has 2 rings (SSSR count). The summed E-state index contributed by atoms with van der Waals surface area (Å²) in [6, 6.07) is 3.74. The van der Waals surface area contributed by atoms with E-state index in [4.69, 9.17) is 21.4 Å². The van der Waals surface area contributed by atoms with Gasteiger partial charge in [0.25, 0.3) is 0 Å². The predicted octanol–water partition coefficient (Wildman–Crippen LogP) is 3.41. The molecule has 0 unspecified atom stereocenters. The molecule has 0 spiro atoms. The molecule has 0 radical (unpaired) electrons. The number of aromatic nitrogens is 2. The van der Waals surface area contributed by atoms with Crippen LogP contribution < -0.4 is 4.74 Å². The van der Waals surface area contributed by atoms with Gasteiger partial charge in [0.1, 0.15) is 11.6 Å². The van der Waals surface area contributed by atoms with E-state index in [0.717, 1.165) is 12.1 Å². The minimum Gasteiger partial charge on any atom is -0.478 e. The Kier molecular flexibility index (Phi) is 4.28. The Morgan fingerprint density at radius 3 is 2.86 bits per heavy atom. The van der Waals surface area contributed by atoms with Gasteiger partial charge in [-0.2, -0.15) is 5.10 Å². The second-order valence-corrected chi connectivity index (χ2v) is 4.68. The topological polar surface area (TPSA) is 64.4 Å². The van der Waals surface area contributed by atoms with E-state index in [9.17, 15) is 9.18 Å². The van der Waals surface area contributed by atoms with Crippen LogP contribution in [0.1, 0.15) is 11.3 Å². The average molecular weight is 311 g/mol. The maximum Gasteiger partial charge on any atom is 0.328 e. The van der Waals surface area contributed by atoms with Gasteiger partial charge in [-0.15, -0.1) is 0 Å². The van der Waals surface area contributed by atoms with Crippen LogP contribution in [0.5, 0.6) is 11.6 Å². The lowest BCUT2D eigenvalue weighted by Gasteiger charge is -2.08. The van der Waals surface area contributed by atoms with E-state index in [1.54, 1.807) is 14.0 Å². The first kappa shape index (κ1) is 15.1. The van der Waals surface area contributed by atoms with Crippen molar-refractivity contribution in [2.75, 3.05) is 0 Å². The zero-order chi connectivity index (χ0) is 15.6. The van der Waals surface area contributed by atoms with Crippen molar-refractivity contribution in [3.63, 3.8) is 0 Å². The summed E-state index contributed by atoms with van der Waals surface area (Å²) in [6.45, 7) is 1.72. The van der Waals surface area contributed by atoms with Crippen molar-refractivity contribution in [2.45, 2.75) is 6.92 Å². The number of benzene rings is 1. The van der Waals surface area contributed by atoms with Gasteiger partial charge in [-0.25, -0.2) is 13.9 Å². The van der Waals surface area contributed by atoms with Crippen molar-refractivity contribution in [3.8, 4) is 11.6 Å². The third-order valence-corrected chi connectivity index (χ3v) is 3.00. The van der Waals surface area contributed by atoms with Crippen LogP contribution in [0.3, 0.4) is 0 Å². The van der Waals surface area contributed by atoms with Gasteiger partial charge in [0.2, 0.25) is 5.88 Å². The summed E-state index contributed by atoms with van der Waals surface area (Å²) >= 11 is 5.91. The largest absolute Gasteiger partial charge is 0.478 e. The summed E-state index contributed by atoms with van der Waals surface area (Å²) in [6.07, 6.45) is 2.38. The maximum atomic E-state index is 13.0. The summed E-state index contributed by atoms with van der Waals surface area (Å²) < 4.78 is 20.1. The van der Waals surface area contributed by atoms with Crippen LogP contribution in [-0.4, -0.2) is 20.9 Å². The van der Waals surface area contributed by atoms with Crippen molar-refractivity contribution in [2.24, 2.45) is 7.05 Å². The molecule has 0 saturated carbocycles. The lowest BCUT2D eigenvalue weighted by molar-refractivity contribution is -0.131. The quantitative estimate of drug-likeness (QED) is 0.879. The zero-order valence-electron chi connectivity index (χ0n) is 11.3. The third-order valence-electron chi connectivity index (χ3n) is 2.71. The first-order valence-corrected chi connectivity index (χ1v) is 6.34. The van der Waals surface area contributed by atoms with Crippen LogP contribution >= 0.6 is 11.6 Å². The van der Waals surface area contributed by atoms with Crippen LogP contribution in [0.4, 0.5) is 4.39 Å². The molecule has 0 atom stereocenters. The number of halogens is 2. The van der Waals surface area contributed by atoms with Crippen LogP contribution in [0.25, 0.3) is 6.08 Å². The average Bonchev–Trinajstić information content (AvgIpc) is 2.65. The van der Waals surface area contributed by atoms with Crippen LogP contribution in [0.15, 0.2) is 24.3 Å². The molecule has 0 amide bonds. The Morgan fingerprint density at radius 1 is 1.52 bits per heavy atom. The Bertz CT molecular complexity index is 725. The van der Waals surface area contributed by atoms with Crippen molar-refractivity contribution >= 4 is 23.6 Å². The second-order valence-electron chi connectivity index (χ2n) is 4.28. The molecular weight excluding hydrogens is 299 g/mol. The number of nitrogens with zero attached hydrogens (tertiary/aromatic N) is 2. The Balaban J connectivity index is 2.41. The number of hydrogen-bond acceptors (Lipinski definition) is 3. The van der Waals surface area contributed by atoms with Gasteiger partial charge in [-0.1, -0.05) is 11.6 Å². The molecule has 5 nitrogen and oxygen atoms in total. The number of aryl methyl sites for hydroxylation is 2. The first-order chi connectivity index (χ1) is 9.88. The smallest absolute Gasteiger partial charge is 0.328 e. The highest BCUT2D eigenvalue weighted by molar-refractivity contribution is 6.32. The third kappa shape index (κ3) is 3.41. The van der Waals surface area contributed by atoms with E-state index in [1.807, 2.05) is 0 Å². The molecule has 110 valence electrons. The summed E-state index contributed by atoms with van der Waals surface area (Å²) in [5.74, 6) is -0.979. The van der Waals surface area contributed by atoms with Crippen LogP contribution in [0.2, 0.25) is 5.02 Å². The number of rotatable bonds is 4. The number of carbonyl (C=O) groups is 1. The van der Waals surface area contributed by atoms with E-state index in [-0.39, 0.29) is 10.8 Å². The highest BCUT2D eigenvalue weighted by Crippen LogP contribution is 2.33. The van der Waals surface area contributed by atoms with E-state index in [2.05, 4.69) is 5.10 Å². The number of ether oxygens (including phenoxy) is 1. The minimum atomic E-state index is -1.08. The number of hydrogen-bond donors (Lipinski definition) is 1. The van der Waals surface area contributed by atoms with Crippen molar-refractivity contribution in [1.29, 1.82) is 0 Å². The second kappa shape index (κ2) is 5.97. The first-order valence-electron chi connectivity index (χ1n) is 5.96. The number of carboxylic acids is 1. The lowest BCUT2D eigenvalue weighted by atomic mass is 10.2. The van der Waals surface area contributed by atoms with E-state index in [1.165, 1.54) is 22.9 Å². The van der Waals surface area contributed by atoms with Gasteiger partial charge in [-0.05, 0) is 31.2 Å². The summed E-state index contributed by atoms with van der Waals surface area (Å²) in [7, 11) is 1.65. The summed E-state index contributed by atoms with van der Waals surface area (Å²) in [4.78, 5) is 10.6. The molecule has 0 saturated heterocycles. The molecule has 0 aliphatic rings. The van der Waals surface area contributed by atoms with E-state index >= 15 is 0 Å². The van der Waals surface area contributed by atoms with Crippen molar-refractivity contribution in [1.82, 2.24) is 9.78 Å². The molecule has 21 heavy (non-hydrogen) atoms. The van der Waals surface area contributed by atoms with Crippen LogP contribution in [0, 0.1) is 12.7 Å². The normalized spacial score (nSPS) is 11.0. The van der Waals surface area contributed by atoms with Gasteiger partial charge in [-0.3, -0.25) is 0 Å². The summed E-state index contributed by atoms with van der Waals surface area (Å²) in [5, 5.41) is 13.0. The highest BCUT2D eigenvalue weighted by Gasteiger charge is 2.15. The molecule has 0 aliphatic carbocycles. The van der Waals surface area contributed by atoms with Crippen molar-refractivity contribution in [3.05, 3.63) is 46.4 Å². The fourth-order valence-corrected chi connectivity index (χ4v) is 1.99. The minimum absolute atomic E-state index is 0.113. The molecule has 0 bridgehead atoms. The lowest BCUT2D eigenvalue weighted by Crippen LogP contribution is -1.96. The molecule has 2 aromatic rings. The van der Waals surface area contributed by atoms with E-state index < -0.39 is 11.8 Å². The molecule has 1 aromatic heterocycles. The van der Waals surface area contributed by atoms with Gasteiger partial charge in [0.05, 0.1) is 16.3 Å². The number of aliphatic carboxylic acids is 1. The predicted molar refractivity (Wildman–Crippen MR) is 76.1 cm³/mol. The molecule has 0 aliphatic heterocycles. The fraction of sp³-hybridized carbons (Fsp3) is 0.143. The zero-order valence-corrected chi connectivity index (χ0v) is 12.1. The molecule has 1 aromatic carbocycles. The van der Waals surface area contributed by atoms with Crippen molar-refractivity contribution < 1.29 is 19.0 Å². The number of carboxylic acid groups (broad SMARTS) is 1. The Hall–Kier alpha value is -2.34. The van der Waals surface area contributed by atoms with E-state index in [0.29, 0.717) is 17.1 Å². The summed E-state index contributed by atoms with van der Waals surface area (Å²) in [5.41, 5.74) is 1.11. The van der Waals surface area contributed by atoms with Crippen LogP contribution in [-0.2, 0) is 11.8 Å².